The molecular weight excluding hydrogens is 406 g/mol. The van der Waals surface area contributed by atoms with Gasteiger partial charge in [0.15, 0.2) is 0 Å². The average molecular weight is 429 g/mol. The number of anilines is 3. The predicted molar refractivity (Wildman–Crippen MR) is 121 cm³/mol. The molecular formula is C24H23N5O3. The number of nitrogens with one attached hydrogen (secondary N) is 2. The first-order valence-corrected chi connectivity index (χ1v) is 10.3. The Kier molecular flexibility index (Phi) is 5.93. The third-order valence-electron chi connectivity index (χ3n) is 5.07. The number of amides is 3. The molecule has 0 atom stereocenters. The minimum atomic E-state index is -0.304. The van der Waals surface area contributed by atoms with Crippen LogP contribution in [0.15, 0.2) is 54.6 Å². The fourth-order valence-electron chi connectivity index (χ4n) is 3.61. The van der Waals surface area contributed by atoms with E-state index in [4.69, 9.17) is 0 Å². The van der Waals surface area contributed by atoms with Crippen LogP contribution in [-0.4, -0.2) is 39.1 Å². The molecule has 0 saturated carbocycles. The van der Waals surface area contributed by atoms with Crippen molar-refractivity contribution < 1.29 is 14.4 Å². The van der Waals surface area contributed by atoms with Crippen LogP contribution in [0.3, 0.4) is 0 Å². The lowest BCUT2D eigenvalue weighted by atomic mass is 10.1. The van der Waals surface area contributed by atoms with Crippen LogP contribution in [0, 0.1) is 13.8 Å². The number of aromatic nitrogens is 2. The van der Waals surface area contributed by atoms with Gasteiger partial charge >= 0.3 is 0 Å². The minimum absolute atomic E-state index is 0.181. The second kappa shape index (κ2) is 8.97. The molecule has 0 saturated heterocycles. The minimum Gasteiger partial charge on any atom is -0.326 e. The zero-order valence-corrected chi connectivity index (χ0v) is 17.9. The van der Waals surface area contributed by atoms with E-state index in [1.807, 2.05) is 32.0 Å². The van der Waals surface area contributed by atoms with Gasteiger partial charge < -0.3 is 10.6 Å². The SMILES string of the molecule is Cc1cc(C)nc(Nc2ccc(NC(=O)CCCN3C(=O)c4ccccc4C3=O)cc2)n1. The molecule has 32 heavy (non-hydrogen) atoms. The maximum atomic E-state index is 12.4. The van der Waals surface area contributed by atoms with Crippen LogP contribution in [0.1, 0.15) is 44.9 Å². The van der Waals surface area contributed by atoms with Crippen LogP contribution >= 0.6 is 0 Å². The molecule has 0 aliphatic carbocycles. The normalized spacial score (nSPS) is 12.6. The van der Waals surface area contributed by atoms with Crippen molar-refractivity contribution in [2.75, 3.05) is 17.2 Å². The summed E-state index contributed by atoms with van der Waals surface area (Å²) in [6, 6.07) is 15.9. The van der Waals surface area contributed by atoms with E-state index in [1.54, 1.807) is 36.4 Å². The Morgan fingerprint density at radius 1 is 0.875 bits per heavy atom. The predicted octanol–water partition coefficient (Wildman–Crippen LogP) is 3.85. The van der Waals surface area contributed by atoms with Crippen molar-refractivity contribution in [2.24, 2.45) is 0 Å². The van der Waals surface area contributed by atoms with E-state index >= 15 is 0 Å². The average Bonchev–Trinajstić information content (AvgIpc) is 2.99. The number of fused-ring (bicyclic) bond motifs is 1. The summed E-state index contributed by atoms with van der Waals surface area (Å²) in [5.74, 6) is -0.267. The molecule has 0 radical (unpaired) electrons. The summed E-state index contributed by atoms with van der Waals surface area (Å²) in [5, 5.41) is 5.97. The van der Waals surface area contributed by atoms with Gasteiger partial charge in [-0.2, -0.15) is 0 Å². The summed E-state index contributed by atoms with van der Waals surface area (Å²) in [6.45, 7) is 4.03. The quantitative estimate of drug-likeness (QED) is 0.553. The maximum absolute atomic E-state index is 12.4. The Labute approximate surface area is 185 Å². The molecule has 1 aliphatic heterocycles. The number of imide groups is 1. The lowest BCUT2D eigenvalue weighted by molar-refractivity contribution is -0.116. The first kappa shape index (κ1) is 21.2. The molecule has 8 heteroatoms. The van der Waals surface area contributed by atoms with Crippen LogP contribution in [0.25, 0.3) is 0 Å². The lowest BCUT2D eigenvalue weighted by Gasteiger charge is -2.13. The number of carbonyl (C=O) groups is 3. The summed E-state index contributed by atoms with van der Waals surface area (Å²) in [5.41, 5.74) is 4.06. The van der Waals surface area contributed by atoms with Gasteiger partial charge in [0.2, 0.25) is 11.9 Å². The summed E-state index contributed by atoms with van der Waals surface area (Å²) in [4.78, 5) is 46.9. The zero-order chi connectivity index (χ0) is 22.7. The van der Waals surface area contributed by atoms with E-state index in [1.165, 1.54) is 4.90 Å². The van der Waals surface area contributed by atoms with Crippen molar-refractivity contribution in [3.05, 3.63) is 77.1 Å². The molecule has 2 N–H and O–H groups in total. The van der Waals surface area contributed by atoms with E-state index in [2.05, 4.69) is 20.6 Å². The Morgan fingerprint density at radius 2 is 1.44 bits per heavy atom. The Bertz CT molecular complexity index is 1140. The molecule has 2 heterocycles. The van der Waals surface area contributed by atoms with Gasteiger partial charge in [-0.3, -0.25) is 19.3 Å². The van der Waals surface area contributed by atoms with Crippen molar-refractivity contribution in [1.29, 1.82) is 0 Å². The monoisotopic (exact) mass is 429 g/mol. The second-order valence-electron chi connectivity index (χ2n) is 7.64. The molecule has 0 spiro atoms. The van der Waals surface area contributed by atoms with Gasteiger partial charge in [0.25, 0.3) is 11.8 Å². The first-order valence-electron chi connectivity index (χ1n) is 10.3. The standard InChI is InChI=1S/C24H23N5O3/c1-15-14-16(2)26-24(25-15)28-18-11-9-17(10-12-18)27-21(30)8-5-13-29-22(31)19-6-3-4-7-20(19)23(29)32/h3-4,6-7,9-12,14H,5,8,13H2,1-2H3,(H,27,30)(H,25,26,28). The van der Waals surface area contributed by atoms with Crippen molar-refractivity contribution in [1.82, 2.24) is 14.9 Å². The van der Waals surface area contributed by atoms with Crippen LogP contribution < -0.4 is 10.6 Å². The van der Waals surface area contributed by atoms with E-state index in [9.17, 15) is 14.4 Å². The topological polar surface area (TPSA) is 104 Å². The largest absolute Gasteiger partial charge is 0.326 e. The van der Waals surface area contributed by atoms with Gasteiger partial charge in [-0.15, -0.1) is 0 Å². The molecule has 1 aliphatic rings. The van der Waals surface area contributed by atoms with E-state index in [0.29, 0.717) is 29.2 Å². The molecule has 1 aromatic heterocycles. The van der Waals surface area contributed by atoms with Crippen molar-refractivity contribution in [3.8, 4) is 0 Å². The van der Waals surface area contributed by atoms with Crippen molar-refractivity contribution in [3.63, 3.8) is 0 Å². The number of nitrogens with zero attached hydrogens (tertiary/aromatic N) is 3. The first-order chi connectivity index (χ1) is 15.4. The Balaban J connectivity index is 1.27. The Morgan fingerprint density at radius 3 is 2.03 bits per heavy atom. The second-order valence-corrected chi connectivity index (χ2v) is 7.64. The van der Waals surface area contributed by atoms with E-state index in [-0.39, 0.29) is 30.7 Å². The number of hydrogen-bond acceptors (Lipinski definition) is 6. The van der Waals surface area contributed by atoms with E-state index in [0.717, 1.165) is 17.1 Å². The molecule has 3 amide bonds. The smallest absolute Gasteiger partial charge is 0.261 e. The van der Waals surface area contributed by atoms with Crippen LogP contribution in [0.2, 0.25) is 0 Å². The molecule has 0 fully saturated rings. The fraction of sp³-hybridized carbons (Fsp3) is 0.208. The highest BCUT2D eigenvalue weighted by atomic mass is 16.2. The summed E-state index contributed by atoms with van der Waals surface area (Å²) in [7, 11) is 0. The molecule has 4 rings (SSSR count). The molecule has 0 unspecified atom stereocenters. The highest BCUT2D eigenvalue weighted by molar-refractivity contribution is 6.21. The molecule has 162 valence electrons. The number of aryl methyl sites for hydroxylation is 2. The van der Waals surface area contributed by atoms with Crippen LogP contribution in [0.4, 0.5) is 17.3 Å². The summed E-state index contributed by atoms with van der Waals surface area (Å²) in [6.07, 6.45) is 0.588. The van der Waals surface area contributed by atoms with Gasteiger partial charge in [0.1, 0.15) is 0 Å². The molecule has 8 nitrogen and oxygen atoms in total. The number of hydrogen-bond donors (Lipinski definition) is 2. The van der Waals surface area contributed by atoms with Crippen molar-refractivity contribution in [2.45, 2.75) is 26.7 Å². The third-order valence-corrected chi connectivity index (χ3v) is 5.07. The highest BCUT2D eigenvalue weighted by Crippen LogP contribution is 2.23. The molecule has 3 aromatic rings. The zero-order valence-electron chi connectivity index (χ0n) is 17.9. The van der Waals surface area contributed by atoms with Crippen molar-refractivity contribution >= 4 is 35.0 Å². The van der Waals surface area contributed by atoms with Gasteiger partial charge in [0, 0.05) is 35.7 Å². The third kappa shape index (κ3) is 4.64. The van der Waals surface area contributed by atoms with E-state index < -0.39 is 0 Å². The number of benzene rings is 2. The molecule has 0 bridgehead atoms. The highest BCUT2D eigenvalue weighted by Gasteiger charge is 2.34. The van der Waals surface area contributed by atoms with Crippen LogP contribution in [-0.2, 0) is 4.79 Å². The maximum Gasteiger partial charge on any atom is 0.261 e. The Hall–Kier alpha value is -4.07. The summed E-state index contributed by atoms with van der Waals surface area (Å²) >= 11 is 0. The van der Waals surface area contributed by atoms with Crippen LogP contribution in [0.5, 0.6) is 0 Å². The fourth-order valence-corrected chi connectivity index (χ4v) is 3.61. The number of rotatable bonds is 7. The molecule has 2 aromatic carbocycles. The van der Waals surface area contributed by atoms with Gasteiger partial charge in [-0.25, -0.2) is 9.97 Å². The van der Waals surface area contributed by atoms with Gasteiger partial charge in [-0.1, -0.05) is 12.1 Å². The van der Waals surface area contributed by atoms with Gasteiger partial charge in [-0.05, 0) is 62.7 Å². The lowest BCUT2D eigenvalue weighted by Crippen LogP contribution is -2.31. The summed E-state index contributed by atoms with van der Waals surface area (Å²) < 4.78 is 0. The van der Waals surface area contributed by atoms with Gasteiger partial charge in [0.05, 0.1) is 11.1 Å². The number of carbonyl (C=O) groups excluding carboxylic acids is 3.